The van der Waals surface area contributed by atoms with Gasteiger partial charge < -0.3 is 9.64 Å². The maximum Gasteiger partial charge on any atom is 0.417 e. The van der Waals surface area contributed by atoms with E-state index in [-0.39, 0.29) is 24.8 Å². The normalized spacial score (nSPS) is 18.2. The molecular formula is C19H18F3NO2. The lowest BCUT2D eigenvalue weighted by Gasteiger charge is -2.33. The van der Waals surface area contributed by atoms with Crippen LogP contribution in [-0.2, 0) is 10.9 Å². The number of carbonyl (C=O) groups is 1. The summed E-state index contributed by atoms with van der Waals surface area (Å²) < 4.78 is 45.2. The molecule has 3 rings (SSSR count). The van der Waals surface area contributed by atoms with Gasteiger partial charge in [-0.05, 0) is 24.6 Å². The minimum Gasteiger partial charge on any atom is -0.370 e. The Hall–Kier alpha value is -2.34. The maximum absolute atomic E-state index is 13.2. The van der Waals surface area contributed by atoms with Crippen LogP contribution in [0.15, 0.2) is 48.5 Å². The van der Waals surface area contributed by atoms with Crippen molar-refractivity contribution < 1.29 is 22.7 Å². The van der Waals surface area contributed by atoms with Crippen molar-refractivity contribution in [3.05, 3.63) is 70.8 Å². The highest BCUT2D eigenvalue weighted by molar-refractivity contribution is 5.96. The van der Waals surface area contributed by atoms with Gasteiger partial charge in [-0.2, -0.15) is 13.2 Å². The van der Waals surface area contributed by atoms with Crippen LogP contribution in [0.5, 0.6) is 0 Å². The minimum atomic E-state index is -4.56. The van der Waals surface area contributed by atoms with Crippen LogP contribution >= 0.6 is 0 Å². The lowest BCUT2D eigenvalue weighted by atomic mass is 10.0. The van der Waals surface area contributed by atoms with Crippen molar-refractivity contribution in [3.63, 3.8) is 0 Å². The molecule has 1 atom stereocenters. The number of benzene rings is 2. The number of hydrogen-bond donors (Lipinski definition) is 0. The van der Waals surface area contributed by atoms with E-state index in [0.29, 0.717) is 6.61 Å². The van der Waals surface area contributed by atoms with Gasteiger partial charge in [0, 0.05) is 6.54 Å². The van der Waals surface area contributed by atoms with Crippen LogP contribution in [0, 0.1) is 6.92 Å². The second-order valence-electron chi connectivity index (χ2n) is 6.06. The Kier molecular flexibility index (Phi) is 4.81. The zero-order chi connectivity index (χ0) is 18.0. The van der Waals surface area contributed by atoms with Gasteiger partial charge in [-0.25, -0.2) is 0 Å². The molecule has 0 bridgehead atoms. The van der Waals surface area contributed by atoms with Gasteiger partial charge in [0.1, 0.15) is 6.10 Å². The summed E-state index contributed by atoms with van der Waals surface area (Å²) in [6.07, 6.45) is -4.90. The Morgan fingerprint density at radius 2 is 1.80 bits per heavy atom. The lowest BCUT2D eigenvalue weighted by Crippen LogP contribution is -2.42. The van der Waals surface area contributed by atoms with Gasteiger partial charge in [-0.3, -0.25) is 4.79 Å². The maximum atomic E-state index is 13.2. The first-order chi connectivity index (χ1) is 11.9. The van der Waals surface area contributed by atoms with Crippen molar-refractivity contribution in [2.75, 3.05) is 19.7 Å². The summed E-state index contributed by atoms with van der Waals surface area (Å²) in [6, 6.07) is 12.6. The van der Waals surface area contributed by atoms with Crippen LogP contribution < -0.4 is 0 Å². The first kappa shape index (κ1) is 17.5. The van der Waals surface area contributed by atoms with E-state index >= 15 is 0 Å². The van der Waals surface area contributed by atoms with Crippen LogP contribution in [0.1, 0.15) is 33.2 Å². The first-order valence-corrected chi connectivity index (χ1v) is 8.00. The molecule has 0 N–H and O–H groups in total. The van der Waals surface area contributed by atoms with Gasteiger partial charge in [-0.15, -0.1) is 0 Å². The van der Waals surface area contributed by atoms with Crippen LogP contribution in [0.2, 0.25) is 0 Å². The van der Waals surface area contributed by atoms with Crippen molar-refractivity contribution >= 4 is 5.91 Å². The molecule has 1 unspecified atom stereocenters. The molecule has 0 saturated carbocycles. The van der Waals surface area contributed by atoms with Crippen LogP contribution in [-0.4, -0.2) is 30.5 Å². The molecule has 3 nitrogen and oxygen atoms in total. The number of halogens is 3. The van der Waals surface area contributed by atoms with E-state index in [1.54, 1.807) is 0 Å². The summed E-state index contributed by atoms with van der Waals surface area (Å²) in [6.45, 7) is 2.76. The minimum absolute atomic E-state index is 0.230. The quantitative estimate of drug-likeness (QED) is 0.812. The van der Waals surface area contributed by atoms with Crippen LogP contribution in [0.3, 0.4) is 0 Å². The fraction of sp³-hybridized carbons (Fsp3) is 0.316. The Morgan fingerprint density at radius 3 is 2.48 bits per heavy atom. The number of aryl methyl sites for hydroxylation is 1. The number of nitrogens with zero attached hydrogens (tertiary/aromatic N) is 1. The standard InChI is InChI=1S/C19H18F3NO2/c1-13-6-8-14(9-7-13)17-12-23(10-11-25-17)18(24)15-4-2-3-5-16(15)19(20,21)22/h2-9,17H,10-12H2,1H3. The smallest absolute Gasteiger partial charge is 0.370 e. The molecule has 132 valence electrons. The largest absolute Gasteiger partial charge is 0.417 e. The summed E-state index contributed by atoms with van der Waals surface area (Å²) in [7, 11) is 0. The van der Waals surface area contributed by atoms with E-state index in [1.165, 1.54) is 23.1 Å². The number of ether oxygens (including phenoxy) is 1. The summed E-state index contributed by atoms with van der Waals surface area (Å²) in [4.78, 5) is 14.1. The second kappa shape index (κ2) is 6.88. The number of carbonyl (C=O) groups excluding carboxylic acids is 1. The van der Waals surface area contributed by atoms with Crippen molar-refractivity contribution in [3.8, 4) is 0 Å². The second-order valence-corrected chi connectivity index (χ2v) is 6.06. The molecule has 1 amide bonds. The highest BCUT2D eigenvalue weighted by atomic mass is 19.4. The molecule has 0 spiro atoms. The molecule has 2 aromatic rings. The number of alkyl halides is 3. The van der Waals surface area contributed by atoms with Gasteiger partial charge in [0.25, 0.3) is 5.91 Å². The zero-order valence-corrected chi connectivity index (χ0v) is 13.7. The van der Waals surface area contributed by atoms with E-state index in [2.05, 4.69) is 0 Å². The molecule has 1 saturated heterocycles. The third kappa shape index (κ3) is 3.85. The molecule has 1 fully saturated rings. The molecule has 0 radical (unpaired) electrons. The topological polar surface area (TPSA) is 29.5 Å². The summed E-state index contributed by atoms with van der Waals surface area (Å²) in [5.74, 6) is -0.617. The highest BCUT2D eigenvalue weighted by Crippen LogP contribution is 2.33. The Bertz CT molecular complexity index is 756. The van der Waals surface area contributed by atoms with Gasteiger partial charge in [0.2, 0.25) is 0 Å². The van der Waals surface area contributed by atoms with E-state index in [0.717, 1.165) is 17.2 Å². The number of rotatable bonds is 2. The van der Waals surface area contributed by atoms with Crippen molar-refractivity contribution in [2.24, 2.45) is 0 Å². The van der Waals surface area contributed by atoms with Gasteiger partial charge >= 0.3 is 6.18 Å². The number of morpholine rings is 1. The summed E-state index contributed by atoms with van der Waals surface area (Å²) >= 11 is 0. The van der Waals surface area contributed by atoms with Crippen LogP contribution in [0.4, 0.5) is 13.2 Å². The predicted molar refractivity (Wildman–Crippen MR) is 87.2 cm³/mol. The fourth-order valence-corrected chi connectivity index (χ4v) is 2.90. The van der Waals surface area contributed by atoms with Gasteiger partial charge in [-0.1, -0.05) is 42.0 Å². The molecule has 0 aromatic heterocycles. The third-order valence-corrected chi connectivity index (χ3v) is 4.27. The Labute approximate surface area is 144 Å². The van der Waals surface area contributed by atoms with E-state index in [1.807, 2.05) is 31.2 Å². The molecule has 0 aliphatic carbocycles. The third-order valence-electron chi connectivity index (χ3n) is 4.27. The number of hydrogen-bond acceptors (Lipinski definition) is 2. The average molecular weight is 349 g/mol. The first-order valence-electron chi connectivity index (χ1n) is 8.00. The molecule has 1 heterocycles. The predicted octanol–water partition coefficient (Wildman–Crippen LogP) is 4.23. The van der Waals surface area contributed by atoms with E-state index in [4.69, 9.17) is 4.74 Å². The molecule has 2 aromatic carbocycles. The van der Waals surface area contributed by atoms with Gasteiger partial charge in [0.15, 0.2) is 0 Å². The molecule has 6 heteroatoms. The van der Waals surface area contributed by atoms with Gasteiger partial charge in [0.05, 0.1) is 24.3 Å². The van der Waals surface area contributed by atoms with Crippen LogP contribution in [0.25, 0.3) is 0 Å². The zero-order valence-electron chi connectivity index (χ0n) is 13.7. The average Bonchev–Trinajstić information content (AvgIpc) is 2.61. The Balaban J connectivity index is 1.82. The molecular weight excluding hydrogens is 331 g/mol. The summed E-state index contributed by atoms with van der Waals surface area (Å²) in [5, 5.41) is 0. The summed E-state index contributed by atoms with van der Waals surface area (Å²) in [5.41, 5.74) is 0.789. The van der Waals surface area contributed by atoms with Crippen molar-refractivity contribution in [1.29, 1.82) is 0 Å². The molecule has 1 aliphatic rings. The molecule has 25 heavy (non-hydrogen) atoms. The number of amides is 1. The van der Waals surface area contributed by atoms with Crippen molar-refractivity contribution in [2.45, 2.75) is 19.2 Å². The van der Waals surface area contributed by atoms with Crippen molar-refractivity contribution in [1.82, 2.24) is 4.90 Å². The van der Waals surface area contributed by atoms with E-state index in [9.17, 15) is 18.0 Å². The Morgan fingerprint density at radius 1 is 1.12 bits per heavy atom. The lowest BCUT2D eigenvalue weighted by molar-refractivity contribution is -0.138. The fourth-order valence-electron chi connectivity index (χ4n) is 2.90. The monoisotopic (exact) mass is 349 g/mol. The SMILES string of the molecule is Cc1ccc(C2CN(C(=O)c3ccccc3C(F)(F)F)CCO2)cc1. The molecule has 1 aliphatic heterocycles. The van der Waals surface area contributed by atoms with E-state index < -0.39 is 17.6 Å². The highest BCUT2D eigenvalue weighted by Gasteiger charge is 2.36.